The van der Waals surface area contributed by atoms with E-state index in [9.17, 15) is 0 Å². The molecule has 0 aliphatic carbocycles. The molecule has 0 atom stereocenters. The van der Waals surface area contributed by atoms with E-state index in [4.69, 9.17) is 0 Å². The van der Waals surface area contributed by atoms with Gasteiger partial charge in [0.25, 0.3) is 0 Å². The summed E-state index contributed by atoms with van der Waals surface area (Å²) in [4.78, 5) is 12.0. The lowest BCUT2D eigenvalue weighted by molar-refractivity contribution is 1.01. The van der Waals surface area contributed by atoms with E-state index >= 15 is 0 Å². The van der Waals surface area contributed by atoms with Crippen molar-refractivity contribution in [3.63, 3.8) is 0 Å². The van der Waals surface area contributed by atoms with Crippen LogP contribution in [-0.2, 0) is 6.42 Å². The van der Waals surface area contributed by atoms with Crippen molar-refractivity contribution >= 4 is 43.6 Å². The highest BCUT2D eigenvalue weighted by molar-refractivity contribution is 9.10. The highest BCUT2D eigenvalue weighted by atomic mass is 79.9. The molecule has 0 aliphatic rings. The fraction of sp³-hybridized carbons (Fsp3) is 0.111. The van der Waals surface area contributed by atoms with Gasteiger partial charge in [-0.3, -0.25) is 0 Å². The maximum absolute atomic E-state index is 4.38. The number of rotatable bonds is 4. The van der Waals surface area contributed by atoms with E-state index in [1.165, 1.54) is 16.5 Å². The number of nitrogens with zero attached hydrogens (tertiary/aromatic N) is 2. The first kappa shape index (κ1) is 14.2. The van der Waals surface area contributed by atoms with Crippen LogP contribution in [0.5, 0.6) is 0 Å². The van der Waals surface area contributed by atoms with Crippen molar-refractivity contribution in [3.8, 4) is 0 Å². The van der Waals surface area contributed by atoms with Crippen molar-refractivity contribution in [3.05, 3.63) is 65.0 Å². The average molecular weight is 367 g/mol. The number of nitrogens with one attached hydrogen (secondary N) is 2. The second kappa shape index (κ2) is 6.01. The highest BCUT2D eigenvalue weighted by Crippen LogP contribution is 2.23. The van der Waals surface area contributed by atoms with Crippen LogP contribution in [0.3, 0.4) is 0 Å². The predicted molar refractivity (Wildman–Crippen MR) is 97.7 cm³/mol. The number of anilines is 1. The summed E-state index contributed by atoms with van der Waals surface area (Å²) in [5.41, 5.74) is 3.43. The SMILES string of the molecule is Brc1ccc2ncnc(NCCc3c[nH]c4ccccc34)c2c1. The van der Waals surface area contributed by atoms with Gasteiger partial charge in [-0.25, -0.2) is 9.97 Å². The zero-order valence-electron chi connectivity index (χ0n) is 12.4. The average Bonchev–Trinajstić information content (AvgIpc) is 2.99. The molecule has 5 heteroatoms. The molecule has 23 heavy (non-hydrogen) atoms. The molecule has 2 N–H and O–H groups in total. The molecule has 0 bridgehead atoms. The van der Waals surface area contributed by atoms with Crippen molar-refractivity contribution in [2.45, 2.75) is 6.42 Å². The van der Waals surface area contributed by atoms with Gasteiger partial charge in [-0.05, 0) is 36.2 Å². The number of fused-ring (bicyclic) bond motifs is 2. The standard InChI is InChI=1S/C18H15BrN4/c19-13-5-6-17-15(9-13)18(23-11-22-17)20-8-7-12-10-21-16-4-2-1-3-14(12)16/h1-6,9-11,21H,7-8H2,(H,20,22,23). The summed E-state index contributed by atoms with van der Waals surface area (Å²) in [5, 5.41) is 5.74. The Balaban J connectivity index is 1.54. The first-order valence-electron chi connectivity index (χ1n) is 7.50. The Morgan fingerprint density at radius 3 is 2.91 bits per heavy atom. The molecule has 114 valence electrons. The predicted octanol–water partition coefficient (Wildman–Crippen LogP) is 4.53. The Bertz CT molecular complexity index is 977. The Labute approximate surface area is 142 Å². The number of H-pyrrole nitrogens is 1. The summed E-state index contributed by atoms with van der Waals surface area (Å²) < 4.78 is 1.03. The molecule has 2 aromatic heterocycles. The smallest absolute Gasteiger partial charge is 0.137 e. The van der Waals surface area contributed by atoms with E-state index in [-0.39, 0.29) is 0 Å². The Morgan fingerprint density at radius 1 is 1.04 bits per heavy atom. The van der Waals surface area contributed by atoms with Crippen LogP contribution in [0, 0.1) is 0 Å². The van der Waals surface area contributed by atoms with Gasteiger partial charge >= 0.3 is 0 Å². The van der Waals surface area contributed by atoms with E-state index in [2.05, 4.69) is 60.6 Å². The molecule has 4 nitrogen and oxygen atoms in total. The van der Waals surface area contributed by atoms with Crippen molar-refractivity contribution in [1.29, 1.82) is 0 Å². The molecule has 4 rings (SSSR count). The van der Waals surface area contributed by atoms with E-state index in [1.807, 2.05) is 24.3 Å². The van der Waals surface area contributed by atoms with Crippen LogP contribution in [0.2, 0.25) is 0 Å². The fourth-order valence-corrected chi connectivity index (χ4v) is 3.18. The molecule has 0 saturated heterocycles. The van der Waals surface area contributed by atoms with Crippen LogP contribution < -0.4 is 5.32 Å². The molecular formula is C18H15BrN4. The van der Waals surface area contributed by atoms with Crippen LogP contribution in [0.1, 0.15) is 5.56 Å². The molecule has 0 amide bonds. The second-order valence-corrected chi connectivity index (χ2v) is 6.34. The lowest BCUT2D eigenvalue weighted by atomic mass is 10.1. The van der Waals surface area contributed by atoms with Gasteiger partial charge in [0.05, 0.1) is 5.52 Å². The molecule has 2 aromatic carbocycles. The minimum absolute atomic E-state index is 0.820. The zero-order chi connectivity index (χ0) is 15.6. The van der Waals surface area contributed by atoms with Crippen LogP contribution in [0.25, 0.3) is 21.8 Å². The third-order valence-electron chi connectivity index (χ3n) is 3.96. The van der Waals surface area contributed by atoms with E-state index in [1.54, 1.807) is 6.33 Å². The van der Waals surface area contributed by atoms with Gasteiger partial charge in [0.2, 0.25) is 0 Å². The van der Waals surface area contributed by atoms with Crippen molar-refractivity contribution in [2.24, 2.45) is 0 Å². The first-order chi connectivity index (χ1) is 11.3. The van der Waals surface area contributed by atoms with Crippen LogP contribution in [0.15, 0.2) is 59.5 Å². The Hall–Kier alpha value is -2.40. The Morgan fingerprint density at radius 2 is 1.96 bits per heavy atom. The quantitative estimate of drug-likeness (QED) is 0.557. The van der Waals surface area contributed by atoms with E-state index in [0.29, 0.717) is 0 Å². The van der Waals surface area contributed by atoms with Gasteiger partial charge in [-0.2, -0.15) is 0 Å². The third kappa shape index (κ3) is 2.80. The van der Waals surface area contributed by atoms with Crippen molar-refractivity contribution in [2.75, 3.05) is 11.9 Å². The maximum atomic E-state index is 4.38. The fourth-order valence-electron chi connectivity index (χ4n) is 2.82. The monoisotopic (exact) mass is 366 g/mol. The van der Waals surface area contributed by atoms with Crippen LogP contribution in [-0.4, -0.2) is 21.5 Å². The van der Waals surface area contributed by atoms with Crippen LogP contribution in [0.4, 0.5) is 5.82 Å². The highest BCUT2D eigenvalue weighted by Gasteiger charge is 2.06. The summed E-state index contributed by atoms with van der Waals surface area (Å²) in [5.74, 6) is 0.871. The summed E-state index contributed by atoms with van der Waals surface area (Å²) in [6, 6.07) is 14.4. The molecule has 0 unspecified atom stereocenters. The number of benzene rings is 2. The van der Waals surface area contributed by atoms with Gasteiger partial charge in [0, 0.05) is 33.5 Å². The van der Waals surface area contributed by atoms with Gasteiger partial charge < -0.3 is 10.3 Å². The normalized spacial score (nSPS) is 11.2. The minimum Gasteiger partial charge on any atom is -0.369 e. The van der Waals surface area contributed by atoms with Gasteiger partial charge in [0.1, 0.15) is 12.1 Å². The number of aromatic nitrogens is 3. The number of aromatic amines is 1. The van der Waals surface area contributed by atoms with Gasteiger partial charge in [0.15, 0.2) is 0 Å². The molecule has 0 radical (unpaired) electrons. The summed E-state index contributed by atoms with van der Waals surface area (Å²) in [6.45, 7) is 0.820. The van der Waals surface area contributed by atoms with E-state index in [0.717, 1.165) is 34.2 Å². The zero-order valence-corrected chi connectivity index (χ0v) is 14.0. The first-order valence-corrected chi connectivity index (χ1v) is 8.30. The topological polar surface area (TPSA) is 53.6 Å². The largest absolute Gasteiger partial charge is 0.369 e. The number of para-hydroxylation sites is 1. The lowest BCUT2D eigenvalue weighted by Gasteiger charge is -2.08. The van der Waals surface area contributed by atoms with Crippen LogP contribution >= 0.6 is 15.9 Å². The number of hydrogen-bond donors (Lipinski definition) is 2. The Kier molecular flexibility index (Phi) is 3.71. The van der Waals surface area contributed by atoms with Gasteiger partial charge in [-0.15, -0.1) is 0 Å². The second-order valence-electron chi connectivity index (χ2n) is 5.42. The van der Waals surface area contributed by atoms with Gasteiger partial charge in [-0.1, -0.05) is 34.1 Å². The summed E-state index contributed by atoms with van der Waals surface area (Å²) >= 11 is 3.51. The molecule has 0 spiro atoms. The molecule has 0 aliphatic heterocycles. The van der Waals surface area contributed by atoms with Crippen molar-refractivity contribution < 1.29 is 0 Å². The minimum atomic E-state index is 0.820. The van der Waals surface area contributed by atoms with Crippen molar-refractivity contribution in [1.82, 2.24) is 15.0 Å². The molecule has 0 fully saturated rings. The summed E-state index contributed by atoms with van der Waals surface area (Å²) in [6.07, 6.45) is 4.62. The molecule has 0 saturated carbocycles. The maximum Gasteiger partial charge on any atom is 0.137 e. The molecule has 2 heterocycles. The lowest BCUT2D eigenvalue weighted by Crippen LogP contribution is -2.06. The molecule has 4 aromatic rings. The van der Waals surface area contributed by atoms with E-state index < -0.39 is 0 Å². The number of hydrogen-bond acceptors (Lipinski definition) is 3. The number of halogens is 1. The third-order valence-corrected chi connectivity index (χ3v) is 4.45. The molecular weight excluding hydrogens is 352 g/mol. The summed E-state index contributed by atoms with van der Waals surface area (Å²) in [7, 11) is 0.